The lowest BCUT2D eigenvalue weighted by Crippen LogP contribution is -2.26. The van der Waals surface area contributed by atoms with E-state index in [2.05, 4.69) is 516 Å². The third kappa shape index (κ3) is 11.6. The van der Waals surface area contributed by atoms with Crippen LogP contribution in [0.25, 0.3) is 243 Å². The fourth-order valence-electron chi connectivity index (χ4n) is 24.0. The van der Waals surface area contributed by atoms with Gasteiger partial charge in [-0.3, -0.25) is 0 Å². The summed E-state index contributed by atoms with van der Waals surface area (Å²) >= 11 is 0. The molecule has 4 heterocycles. The summed E-state index contributed by atoms with van der Waals surface area (Å²) in [5, 5.41) is 18.1. The molecule has 0 saturated carbocycles. The van der Waals surface area contributed by atoms with Crippen molar-refractivity contribution < 1.29 is 0 Å². The normalized spacial score (nSPS) is 13.5. The molecule has 28 rings (SSSR count). The van der Waals surface area contributed by atoms with Crippen molar-refractivity contribution in [3.05, 3.63) is 508 Å². The Labute approximate surface area is 787 Å². The van der Waals surface area contributed by atoms with Gasteiger partial charge in [-0.25, -0.2) is 0 Å². The largest absolute Gasteiger partial charge is 0.331 e. The highest BCUT2D eigenvalue weighted by atomic mass is 15.2. The SMILES string of the molecule is C1=CC2c3ccccc3N(c3ccccc3)C2c2c1c1cc(-c3ccc(-c4c(-c5ccccc5)c(-c5ccccc5)c(-c5ccc(-c6ccc7c(c6)c6ccc8c9ccccc9n(-c9ccccc9)c8c6n7-c6ccccc6)cc5)c5c6cccc7c8c(-c9ccccc9)c(-c9ccccc9)c(-c9ccccc9)c(-c9ccccc9)c8c8cccc(c45)c8c76)cc3)ccc1n2-c1ccccc1. The molecule has 23 aromatic carbocycles. The van der Waals surface area contributed by atoms with Gasteiger partial charge in [0, 0.05) is 66.8 Å². The van der Waals surface area contributed by atoms with E-state index in [-0.39, 0.29) is 12.0 Å². The Bertz CT molecular complexity index is 9320. The van der Waals surface area contributed by atoms with Crippen LogP contribution in [0.2, 0.25) is 0 Å². The molecule has 26 aromatic rings. The third-order valence-corrected chi connectivity index (χ3v) is 29.5. The van der Waals surface area contributed by atoms with E-state index in [0.717, 1.165) is 89.3 Å². The van der Waals surface area contributed by atoms with Gasteiger partial charge in [-0.15, -0.1) is 0 Å². The fourth-order valence-corrected chi connectivity index (χ4v) is 24.0. The van der Waals surface area contributed by atoms with Crippen molar-refractivity contribution in [1.29, 1.82) is 0 Å². The van der Waals surface area contributed by atoms with Crippen LogP contribution in [0.1, 0.15) is 28.8 Å². The van der Waals surface area contributed by atoms with Crippen LogP contribution in [0.15, 0.2) is 491 Å². The maximum absolute atomic E-state index is 2.60. The Morgan fingerprint density at radius 3 is 0.882 bits per heavy atom. The predicted octanol–water partition coefficient (Wildman–Crippen LogP) is 35.7. The lowest BCUT2D eigenvalue weighted by molar-refractivity contribution is 0.636. The van der Waals surface area contributed by atoms with Gasteiger partial charge in [0.05, 0.1) is 39.3 Å². The number of anilines is 2. The van der Waals surface area contributed by atoms with E-state index < -0.39 is 0 Å². The highest BCUT2D eigenvalue weighted by molar-refractivity contribution is 6.47. The molecule has 0 bridgehead atoms. The zero-order valence-corrected chi connectivity index (χ0v) is 74.3. The van der Waals surface area contributed by atoms with E-state index in [1.54, 1.807) is 0 Å². The molecule has 0 amide bonds. The zero-order chi connectivity index (χ0) is 89.2. The number of rotatable bonds is 14. The molecule has 0 fully saturated rings. The second-order valence-electron chi connectivity index (χ2n) is 36.6. The van der Waals surface area contributed by atoms with Crippen molar-refractivity contribution in [3.63, 3.8) is 0 Å². The maximum atomic E-state index is 2.60. The second-order valence-corrected chi connectivity index (χ2v) is 36.6. The summed E-state index contributed by atoms with van der Waals surface area (Å²) < 4.78 is 7.54. The van der Waals surface area contributed by atoms with Crippen LogP contribution in [0.4, 0.5) is 11.4 Å². The van der Waals surface area contributed by atoms with Gasteiger partial charge in [-0.2, -0.15) is 0 Å². The van der Waals surface area contributed by atoms with E-state index >= 15 is 0 Å². The number of hydrogen-bond donors (Lipinski definition) is 0. The van der Waals surface area contributed by atoms with E-state index in [1.807, 2.05) is 0 Å². The summed E-state index contributed by atoms with van der Waals surface area (Å²) in [6.45, 7) is 0. The number of fused-ring (bicyclic) bond motifs is 20. The van der Waals surface area contributed by atoms with Crippen molar-refractivity contribution in [2.24, 2.45) is 0 Å². The van der Waals surface area contributed by atoms with Gasteiger partial charge in [0.2, 0.25) is 0 Å². The highest BCUT2D eigenvalue weighted by Gasteiger charge is 2.45. The molecule has 632 valence electrons. The van der Waals surface area contributed by atoms with Gasteiger partial charge < -0.3 is 18.6 Å². The van der Waals surface area contributed by atoms with E-state index in [1.165, 1.54) is 176 Å². The average Bonchev–Trinajstić information content (AvgIpc) is 1.03. The lowest BCUT2D eigenvalue weighted by Gasteiger charge is -2.33. The molecular formula is C132H84N4. The minimum Gasteiger partial charge on any atom is -0.331 e. The fraction of sp³-hybridized carbons (Fsp3) is 0.0152. The Hall–Kier alpha value is -17.7. The third-order valence-electron chi connectivity index (χ3n) is 29.5. The summed E-state index contributed by atoms with van der Waals surface area (Å²) in [6.07, 6.45) is 4.91. The molecule has 4 heteroatoms. The number of para-hydroxylation sites is 6. The Kier molecular flexibility index (Phi) is 17.6. The molecule has 2 unspecified atom stereocenters. The summed E-state index contributed by atoms with van der Waals surface area (Å²) in [7, 11) is 0. The molecular weight excluding hydrogens is 1640 g/mol. The van der Waals surface area contributed by atoms with E-state index in [4.69, 9.17) is 0 Å². The van der Waals surface area contributed by atoms with Crippen molar-refractivity contribution in [1.82, 2.24) is 13.7 Å². The van der Waals surface area contributed by atoms with Crippen LogP contribution in [-0.2, 0) is 0 Å². The molecule has 136 heavy (non-hydrogen) atoms. The molecule has 0 radical (unpaired) electrons. The molecule has 3 aromatic heterocycles. The summed E-state index contributed by atoms with van der Waals surface area (Å²) in [6, 6.07) is 183. The minimum absolute atomic E-state index is 0.00355. The first kappa shape index (κ1) is 77.1. The quantitative estimate of drug-likeness (QED) is 0.0784. The molecule has 4 nitrogen and oxygen atoms in total. The van der Waals surface area contributed by atoms with Gasteiger partial charge in [0.1, 0.15) is 0 Å². The Balaban J connectivity index is 0.727. The zero-order valence-electron chi connectivity index (χ0n) is 74.3. The van der Waals surface area contributed by atoms with Crippen LogP contribution in [0.5, 0.6) is 0 Å². The maximum Gasteiger partial charge on any atom is 0.0856 e. The molecule has 0 saturated heterocycles. The lowest BCUT2D eigenvalue weighted by atomic mass is 9.73. The Morgan fingerprint density at radius 1 is 0.176 bits per heavy atom. The standard InChI is InChI=1S/C132H84N4/c1-11-37-85(38-12-1)115-116(86-39-13-2-14-40-86)120(90-47-21-6-22-48-90)126-106-60-36-62-108-124(106)123-105(125(126)119(115)89-45-19-5-20-46-89)59-35-61-107(123)127-121(91-69-65-83(66-70-91)93-73-79-113-109(81-93)103-77-75-101-99-57-31-33-63-111(99)133(95-49-23-7-24-50-95)129(101)131(103)135(113)97-53-27-9-28-54-97)117(87-41-15-3-16-42-87)118(88-43-17-4-18-44-88)122(128(108)127)92-71-67-84(68-72-92)94-74-80-114-110(82-94)104-78-76-102-100-58-32-34-64-112(100)134(96-51-25-8-26-52-96)130(102)132(104)136(114)98-55-29-10-30-56-98/h1-82,101,129H. The van der Waals surface area contributed by atoms with Gasteiger partial charge >= 0.3 is 0 Å². The first-order chi connectivity index (χ1) is 67.6. The molecule has 1 aliphatic heterocycles. The van der Waals surface area contributed by atoms with Gasteiger partial charge in [-0.1, -0.05) is 413 Å². The second kappa shape index (κ2) is 31.0. The topological polar surface area (TPSA) is 18.0 Å². The summed E-state index contributed by atoms with van der Waals surface area (Å²) in [5.74, 6) is 0.141. The van der Waals surface area contributed by atoms with Crippen LogP contribution >= 0.6 is 0 Å². The molecule has 0 spiro atoms. The van der Waals surface area contributed by atoms with Crippen LogP contribution in [0.3, 0.4) is 0 Å². The number of nitrogens with zero attached hydrogens (tertiary/aromatic N) is 4. The van der Waals surface area contributed by atoms with Crippen molar-refractivity contribution >= 4 is 126 Å². The smallest absolute Gasteiger partial charge is 0.0856 e. The summed E-state index contributed by atoms with van der Waals surface area (Å²) in [4.78, 5) is 2.60. The molecule has 2 aliphatic rings. The average molecular weight is 1730 g/mol. The van der Waals surface area contributed by atoms with E-state index in [9.17, 15) is 0 Å². The van der Waals surface area contributed by atoms with Crippen LogP contribution < -0.4 is 4.90 Å². The number of hydrogen-bond acceptors (Lipinski definition) is 1. The number of benzene rings is 23. The summed E-state index contributed by atoms with van der Waals surface area (Å²) in [5.41, 5.74) is 38.8. The van der Waals surface area contributed by atoms with Crippen LogP contribution in [0, 0.1) is 0 Å². The van der Waals surface area contributed by atoms with E-state index in [0.29, 0.717) is 0 Å². The van der Waals surface area contributed by atoms with Crippen LogP contribution in [-0.4, -0.2) is 13.7 Å². The van der Waals surface area contributed by atoms with Crippen molar-refractivity contribution in [2.75, 3.05) is 4.90 Å². The molecule has 0 N–H and O–H groups in total. The minimum atomic E-state index is 0.00355. The number of aromatic nitrogens is 3. The first-order valence-electron chi connectivity index (χ1n) is 47.4. The highest BCUT2D eigenvalue weighted by Crippen LogP contribution is 2.63. The van der Waals surface area contributed by atoms with Gasteiger partial charge in [0.25, 0.3) is 0 Å². The van der Waals surface area contributed by atoms with Crippen molar-refractivity contribution in [3.8, 4) is 128 Å². The Morgan fingerprint density at radius 2 is 0.471 bits per heavy atom. The van der Waals surface area contributed by atoms with Gasteiger partial charge in [0.15, 0.2) is 0 Å². The molecule has 1 aliphatic carbocycles. The monoisotopic (exact) mass is 1720 g/mol. The molecule has 2 atom stereocenters. The predicted molar refractivity (Wildman–Crippen MR) is 575 cm³/mol. The van der Waals surface area contributed by atoms with Gasteiger partial charge in [-0.05, 0) is 256 Å². The first-order valence-corrected chi connectivity index (χ1v) is 47.4. The van der Waals surface area contributed by atoms with Crippen molar-refractivity contribution in [2.45, 2.75) is 12.0 Å².